The number of aromatic nitrogens is 2. The Morgan fingerprint density at radius 3 is 3.00 bits per heavy atom. The fourth-order valence-electron chi connectivity index (χ4n) is 0.985. The zero-order valence-corrected chi connectivity index (χ0v) is 8.04. The van der Waals surface area contributed by atoms with Gasteiger partial charge in [-0.2, -0.15) is 0 Å². The molecule has 1 heterocycles. The Morgan fingerprint density at radius 2 is 2.46 bits per heavy atom. The molecule has 0 aliphatic rings. The molecule has 0 fully saturated rings. The molecular formula is C9H15N2O2+. The highest BCUT2D eigenvalue weighted by Crippen LogP contribution is 1.93. The lowest BCUT2D eigenvalue weighted by Crippen LogP contribution is -2.34. The topological polar surface area (TPSA) is 46.0 Å². The largest absolute Gasteiger partial charge is 0.457 e. The molecule has 1 rings (SSSR count). The molecule has 4 nitrogen and oxygen atoms in total. The van der Waals surface area contributed by atoms with Gasteiger partial charge in [-0.15, -0.1) is 0 Å². The number of hydrogen-bond donors (Lipinski definition) is 1. The maximum absolute atomic E-state index is 11.3. The Kier molecular flexibility index (Phi) is 3.49. The highest BCUT2D eigenvalue weighted by Gasteiger charge is 2.18. The zero-order valence-electron chi connectivity index (χ0n) is 8.04. The monoisotopic (exact) mass is 183 g/mol. The second-order valence-corrected chi connectivity index (χ2v) is 2.91. The van der Waals surface area contributed by atoms with Crippen LogP contribution in [-0.4, -0.2) is 17.6 Å². The SMILES string of the molecule is CCCCOC(=O)c1[nH]cc[n+]1C. The first-order valence-corrected chi connectivity index (χ1v) is 4.46. The molecular weight excluding hydrogens is 168 g/mol. The summed E-state index contributed by atoms with van der Waals surface area (Å²) in [7, 11) is 1.80. The number of esters is 1. The Morgan fingerprint density at radius 1 is 1.69 bits per heavy atom. The molecule has 0 aliphatic carbocycles. The molecule has 0 spiro atoms. The van der Waals surface area contributed by atoms with Crippen LogP contribution in [-0.2, 0) is 11.8 Å². The number of rotatable bonds is 4. The van der Waals surface area contributed by atoms with Crippen molar-refractivity contribution in [1.29, 1.82) is 0 Å². The van der Waals surface area contributed by atoms with Crippen LogP contribution in [0.1, 0.15) is 30.4 Å². The Labute approximate surface area is 77.5 Å². The molecule has 0 amide bonds. The molecule has 0 radical (unpaired) electrons. The van der Waals surface area contributed by atoms with Gasteiger partial charge in [0.2, 0.25) is 0 Å². The third-order valence-electron chi connectivity index (χ3n) is 1.80. The van der Waals surface area contributed by atoms with Crippen LogP contribution in [0.3, 0.4) is 0 Å². The predicted octanol–water partition coefficient (Wildman–Crippen LogP) is 0.796. The molecule has 0 aromatic carbocycles. The number of carbonyl (C=O) groups is 1. The molecule has 0 saturated carbocycles. The van der Waals surface area contributed by atoms with Crippen LogP contribution in [0.4, 0.5) is 0 Å². The summed E-state index contributed by atoms with van der Waals surface area (Å²) in [6.07, 6.45) is 5.42. The van der Waals surface area contributed by atoms with Gasteiger partial charge < -0.3 is 4.74 Å². The van der Waals surface area contributed by atoms with Crippen molar-refractivity contribution < 1.29 is 14.1 Å². The minimum Gasteiger partial charge on any atom is -0.457 e. The van der Waals surface area contributed by atoms with Crippen molar-refractivity contribution in [3.05, 3.63) is 18.2 Å². The van der Waals surface area contributed by atoms with Gasteiger partial charge in [-0.1, -0.05) is 13.3 Å². The van der Waals surface area contributed by atoms with Crippen molar-refractivity contribution >= 4 is 5.97 Å². The van der Waals surface area contributed by atoms with Crippen LogP contribution >= 0.6 is 0 Å². The fraction of sp³-hybridized carbons (Fsp3) is 0.556. The van der Waals surface area contributed by atoms with E-state index in [2.05, 4.69) is 11.9 Å². The van der Waals surface area contributed by atoms with Crippen LogP contribution < -0.4 is 4.57 Å². The number of imidazole rings is 1. The number of hydrogen-bond acceptors (Lipinski definition) is 2. The maximum Gasteiger partial charge on any atom is 0.421 e. The summed E-state index contributed by atoms with van der Waals surface area (Å²) in [6.45, 7) is 2.55. The Balaban J connectivity index is 2.45. The normalized spacial score (nSPS) is 10.0. The van der Waals surface area contributed by atoms with Crippen LogP contribution in [0.15, 0.2) is 12.4 Å². The van der Waals surface area contributed by atoms with Crippen LogP contribution in [0, 0.1) is 0 Å². The van der Waals surface area contributed by atoms with E-state index in [1.54, 1.807) is 24.0 Å². The van der Waals surface area contributed by atoms with Gasteiger partial charge in [0, 0.05) is 0 Å². The zero-order chi connectivity index (χ0) is 9.68. The van der Waals surface area contributed by atoms with E-state index in [-0.39, 0.29) is 5.97 Å². The second kappa shape index (κ2) is 4.64. The molecule has 4 heteroatoms. The van der Waals surface area contributed by atoms with E-state index in [1.807, 2.05) is 0 Å². The number of H-pyrrole nitrogens is 1. The van der Waals surface area contributed by atoms with E-state index in [0.717, 1.165) is 12.8 Å². The van der Waals surface area contributed by atoms with Crippen LogP contribution in [0.5, 0.6) is 0 Å². The van der Waals surface area contributed by atoms with Gasteiger partial charge in [0.1, 0.15) is 12.4 Å². The van der Waals surface area contributed by atoms with Gasteiger partial charge in [-0.25, -0.2) is 14.3 Å². The summed E-state index contributed by atoms with van der Waals surface area (Å²) in [4.78, 5) is 14.1. The van der Waals surface area contributed by atoms with E-state index in [4.69, 9.17) is 4.74 Å². The molecule has 0 unspecified atom stereocenters. The standard InChI is InChI=1S/C9H14N2O2/c1-3-4-7-13-9(12)8-10-5-6-11(8)2/h5-6H,3-4,7H2,1-2H3/p+1. The van der Waals surface area contributed by atoms with Gasteiger partial charge in [0.25, 0.3) is 0 Å². The summed E-state index contributed by atoms with van der Waals surface area (Å²) >= 11 is 0. The predicted molar refractivity (Wildman–Crippen MR) is 47.2 cm³/mol. The number of nitrogens with one attached hydrogen (secondary N) is 1. The van der Waals surface area contributed by atoms with Crippen molar-refractivity contribution in [3.8, 4) is 0 Å². The highest BCUT2D eigenvalue weighted by molar-refractivity contribution is 5.83. The highest BCUT2D eigenvalue weighted by atomic mass is 16.5. The van der Waals surface area contributed by atoms with Crippen molar-refractivity contribution in [2.75, 3.05) is 6.61 Å². The molecule has 1 aromatic rings. The first kappa shape index (κ1) is 9.77. The Hall–Kier alpha value is -1.32. The van der Waals surface area contributed by atoms with Crippen LogP contribution in [0.2, 0.25) is 0 Å². The van der Waals surface area contributed by atoms with E-state index >= 15 is 0 Å². The molecule has 0 bridgehead atoms. The average molecular weight is 183 g/mol. The van der Waals surface area contributed by atoms with E-state index in [1.165, 1.54) is 0 Å². The minimum atomic E-state index is -0.291. The summed E-state index contributed by atoms with van der Waals surface area (Å²) in [5.41, 5.74) is 0. The smallest absolute Gasteiger partial charge is 0.421 e. The fourth-order valence-corrected chi connectivity index (χ4v) is 0.985. The third-order valence-corrected chi connectivity index (χ3v) is 1.80. The molecule has 13 heavy (non-hydrogen) atoms. The molecule has 0 saturated heterocycles. The first-order valence-electron chi connectivity index (χ1n) is 4.46. The third kappa shape index (κ3) is 2.57. The van der Waals surface area contributed by atoms with Crippen molar-refractivity contribution in [1.82, 2.24) is 4.98 Å². The van der Waals surface area contributed by atoms with Gasteiger partial charge in [-0.3, -0.25) is 0 Å². The van der Waals surface area contributed by atoms with E-state index in [9.17, 15) is 4.79 Å². The van der Waals surface area contributed by atoms with Gasteiger partial charge >= 0.3 is 11.8 Å². The van der Waals surface area contributed by atoms with Crippen LogP contribution in [0.25, 0.3) is 0 Å². The molecule has 0 aliphatic heterocycles. The van der Waals surface area contributed by atoms with Gasteiger partial charge in [0.15, 0.2) is 0 Å². The summed E-state index contributed by atoms with van der Waals surface area (Å²) < 4.78 is 6.72. The van der Waals surface area contributed by atoms with Crippen molar-refractivity contribution in [3.63, 3.8) is 0 Å². The lowest BCUT2D eigenvalue weighted by molar-refractivity contribution is -0.672. The van der Waals surface area contributed by atoms with Crippen molar-refractivity contribution in [2.24, 2.45) is 7.05 Å². The number of aromatic amines is 1. The number of carbonyl (C=O) groups excluding carboxylic acids is 1. The van der Waals surface area contributed by atoms with E-state index < -0.39 is 0 Å². The number of ether oxygens (including phenoxy) is 1. The maximum atomic E-state index is 11.3. The minimum absolute atomic E-state index is 0.291. The van der Waals surface area contributed by atoms with E-state index in [0.29, 0.717) is 12.4 Å². The average Bonchev–Trinajstić information content (AvgIpc) is 2.52. The summed E-state index contributed by atoms with van der Waals surface area (Å²) in [6, 6.07) is 0. The first-order chi connectivity index (χ1) is 6.25. The summed E-state index contributed by atoms with van der Waals surface area (Å²) in [5, 5.41) is 0. The number of aryl methyl sites for hydroxylation is 1. The molecule has 1 N–H and O–H groups in total. The number of nitrogens with zero attached hydrogens (tertiary/aromatic N) is 1. The second-order valence-electron chi connectivity index (χ2n) is 2.91. The van der Waals surface area contributed by atoms with Gasteiger partial charge in [-0.05, 0) is 6.42 Å². The molecule has 72 valence electrons. The summed E-state index contributed by atoms with van der Waals surface area (Å²) in [5.74, 6) is 0.192. The van der Waals surface area contributed by atoms with Gasteiger partial charge in [0.05, 0.1) is 13.7 Å². The quantitative estimate of drug-likeness (QED) is 0.426. The Bertz CT molecular complexity index is 281. The lowest BCUT2D eigenvalue weighted by atomic mass is 10.4. The van der Waals surface area contributed by atoms with Crippen molar-refractivity contribution in [2.45, 2.75) is 19.8 Å². The molecule has 1 aromatic heterocycles. The lowest BCUT2D eigenvalue weighted by Gasteiger charge is -1.99. The molecule has 0 atom stereocenters. The number of unbranched alkanes of at least 4 members (excludes halogenated alkanes) is 1.